The van der Waals surface area contributed by atoms with Crippen LogP contribution in [0.15, 0.2) is 182 Å². The van der Waals surface area contributed by atoms with Gasteiger partial charge < -0.3 is 62.9 Å². The summed E-state index contributed by atoms with van der Waals surface area (Å²) < 4.78 is 67.1. The molecular weight excluding hydrogens is 1560 g/mol. The molecular formula is C109H167N3O13. The molecule has 2 heterocycles. The van der Waals surface area contributed by atoms with Gasteiger partial charge in [0.25, 0.3) is 0 Å². The quantitative estimate of drug-likeness (QED) is 0.0346. The van der Waals surface area contributed by atoms with Gasteiger partial charge in [0.05, 0.1) is 109 Å². The average Bonchev–Trinajstić information content (AvgIpc) is 0.815. The lowest BCUT2D eigenvalue weighted by Gasteiger charge is -2.44. The van der Waals surface area contributed by atoms with E-state index in [9.17, 15) is 14.4 Å². The van der Waals surface area contributed by atoms with Crippen LogP contribution in [0.3, 0.4) is 0 Å². The van der Waals surface area contributed by atoms with Gasteiger partial charge in [-0.15, -0.1) is 0 Å². The minimum atomic E-state index is -0.611. The Labute approximate surface area is 757 Å². The van der Waals surface area contributed by atoms with Crippen molar-refractivity contribution in [2.24, 2.45) is 35.5 Å². The monoisotopic (exact) mass is 1730 g/mol. The first-order valence-corrected chi connectivity index (χ1v) is 49.3. The van der Waals surface area contributed by atoms with Crippen molar-refractivity contribution >= 4 is 17.7 Å². The maximum Gasteiger partial charge on any atom is 0.240 e. The summed E-state index contributed by atoms with van der Waals surface area (Å²) in [5.74, 6) is 1.11. The average molecular weight is 1730 g/mol. The molecule has 2 saturated heterocycles. The molecule has 0 saturated carbocycles. The molecule has 0 aliphatic carbocycles. The van der Waals surface area contributed by atoms with E-state index in [1.54, 1.807) is 11.9 Å². The first kappa shape index (κ1) is 105. The van der Waals surface area contributed by atoms with E-state index in [0.717, 1.165) is 97.6 Å². The highest BCUT2D eigenvalue weighted by molar-refractivity contribution is 5.84. The second kappa shape index (κ2) is 65.0. The molecule has 16 heteroatoms. The first-order chi connectivity index (χ1) is 61.1. The molecule has 4 unspecified atom stereocenters. The summed E-state index contributed by atoms with van der Waals surface area (Å²) in [6.07, 6.45) is 34.1. The summed E-state index contributed by atoms with van der Waals surface area (Å²) in [7, 11) is 1.72. The molecule has 2 aliphatic rings. The van der Waals surface area contributed by atoms with Gasteiger partial charge in [-0.25, -0.2) is 0 Å². The zero-order valence-electron chi connectivity index (χ0n) is 79.2. The number of hydrogen-bond donors (Lipinski definition) is 2. The Balaban J connectivity index is 0.000000347. The highest BCUT2D eigenvalue weighted by Crippen LogP contribution is 2.38. The summed E-state index contributed by atoms with van der Waals surface area (Å²) in [6.45, 7) is 25.9. The zero-order chi connectivity index (χ0) is 89.1. The third kappa shape index (κ3) is 42.6. The Morgan fingerprint density at radius 1 is 0.336 bits per heavy atom. The highest BCUT2D eigenvalue weighted by Gasteiger charge is 2.44. The van der Waals surface area contributed by atoms with Crippen molar-refractivity contribution in [2.45, 2.75) is 376 Å². The van der Waals surface area contributed by atoms with Crippen molar-refractivity contribution in [2.75, 3.05) is 40.0 Å². The van der Waals surface area contributed by atoms with Crippen LogP contribution in [-0.4, -0.2) is 124 Å². The number of likely N-dealkylation sites (N-methyl/N-ethyl adjacent to an activating group) is 1. The summed E-state index contributed by atoms with van der Waals surface area (Å²) >= 11 is 0. The lowest BCUT2D eigenvalue weighted by atomic mass is 9.79. The maximum atomic E-state index is 14.2. The first-order valence-electron chi connectivity index (χ1n) is 49.3. The lowest BCUT2D eigenvalue weighted by Crippen LogP contribution is -2.56. The van der Waals surface area contributed by atoms with Crippen LogP contribution < -0.4 is 10.6 Å². The van der Waals surface area contributed by atoms with E-state index in [1.807, 2.05) is 116 Å². The highest BCUT2D eigenvalue weighted by atomic mass is 16.7. The van der Waals surface area contributed by atoms with Crippen molar-refractivity contribution in [1.82, 2.24) is 15.5 Å². The van der Waals surface area contributed by atoms with Crippen molar-refractivity contribution < 1.29 is 61.8 Å². The van der Waals surface area contributed by atoms with Crippen molar-refractivity contribution in [3.63, 3.8) is 0 Å². The van der Waals surface area contributed by atoms with E-state index < -0.39 is 36.9 Å². The third-order valence-electron chi connectivity index (χ3n) is 26.1. The van der Waals surface area contributed by atoms with Crippen molar-refractivity contribution in [1.29, 1.82) is 0 Å². The predicted octanol–water partition coefficient (Wildman–Crippen LogP) is 25.0. The van der Waals surface area contributed by atoms with Gasteiger partial charge in [0, 0.05) is 31.7 Å². The van der Waals surface area contributed by atoms with Crippen molar-refractivity contribution in [3.05, 3.63) is 215 Å². The molecule has 2 N–H and O–H groups in total. The Morgan fingerprint density at radius 2 is 0.616 bits per heavy atom. The van der Waals surface area contributed by atoms with Crippen LogP contribution in [0.2, 0.25) is 0 Å². The van der Waals surface area contributed by atoms with E-state index in [2.05, 4.69) is 146 Å². The molecule has 16 atom stereocenters. The van der Waals surface area contributed by atoms with E-state index in [1.165, 1.54) is 128 Å². The fraction of sp³-hybridized carbons (Fsp3) is 0.642. The van der Waals surface area contributed by atoms with Crippen LogP contribution in [0.25, 0.3) is 0 Å². The smallest absolute Gasteiger partial charge is 0.240 e. The summed E-state index contributed by atoms with van der Waals surface area (Å²) in [6, 6.07) is 60.4. The fourth-order valence-corrected chi connectivity index (χ4v) is 17.2. The molecule has 0 spiro atoms. The van der Waals surface area contributed by atoms with Crippen LogP contribution in [-0.2, 0) is 101 Å². The van der Waals surface area contributed by atoms with Gasteiger partial charge in [0.2, 0.25) is 17.7 Å². The maximum absolute atomic E-state index is 14.2. The second-order valence-electron chi connectivity index (χ2n) is 36.2. The number of nitrogens with zero attached hydrogens (tertiary/aromatic N) is 1. The lowest BCUT2D eigenvalue weighted by molar-refractivity contribution is -0.262. The number of amides is 3. The predicted molar refractivity (Wildman–Crippen MR) is 508 cm³/mol. The molecule has 696 valence electrons. The number of rotatable bonds is 66. The minimum Gasteiger partial charge on any atom is -0.374 e. The number of carbonyl (C=O) groups is 3. The number of benzene rings is 6. The van der Waals surface area contributed by atoms with Gasteiger partial charge in [0.15, 0.2) is 12.6 Å². The Morgan fingerprint density at radius 3 is 0.928 bits per heavy atom. The van der Waals surface area contributed by atoms with E-state index in [4.69, 9.17) is 47.4 Å². The summed E-state index contributed by atoms with van der Waals surface area (Å²) in [5, 5.41) is 6.65. The normalized spacial score (nSPS) is 20.3. The Kier molecular flexibility index (Phi) is 54.8. The molecule has 2 aliphatic heterocycles. The molecule has 0 bridgehead atoms. The van der Waals surface area contributed by atoms with Crippen LogP contribution in [0.1, 0.15) is 308 Å². The molecule has 0 radical (unpaired) electrons. The standard InChI is InChI=1S/C58H90N2O7.C51H77NO6/c1-7-9-11-13-14-15-16-17-18-19-20-30-38-53(64-42-50-34-26-22-27-35-50)57(65-43-51-36-28-23-29-37-51)52(59-55(61)40-60(6)56(62)39-31-12-10-8-2)44-66-58-48(5)46(3)47(4)54(67-58)45-63-41-49-32-24-21-25-33-49;1-6-8-9-10-11-12-13-14-15-16-17-27-34-47(55-36-44-30-23-19-24-31-44)50(56-37-45-32-25-20-26-33-45)46(52-49(53)7-2)38-57-51-42(5)40(3)41(4)48(58-51)39-54-35-43-28-21-18-22-29-43/h21-29,32-37,46-48,52-54,57-58H,7-20,30-31,38-45H2,1-6H3,(H,59,61);18-26,28-33,40-42,46-48,50-51H,6-17,27,34-39H2,1-5H3,(H,52,53)/t46-,47+,48?,52-,53+,54?,57-,58-;40-,41+,42?,46-,47+,48?,50-,51-/m00/s1. The van der Waals surface area contributed by atoms with Gasteiger partial charge >= 0.3 is 0 Å². The third-order valence-corrected chi connectivity index (χ3v) is 26.1. The largest absolute Gasteiger partial charge is 0.374 e. The SMILES string of the molecule is CCCCCCCCCCCCCC[C@@H](OCc1ccccc1)[C@@H](OCc1ccccc1)[C@H](CO[C@H]1OC(COCc2ccccc2)[C@H](C)[C@H](C)C1C)NC(=O)CC.CCCCCCCCCCCCCC[C@@H](OCc1ccccc1)[C@@H](OCc1ccccc1)[C@H](CO[C@H]1OC(COCc2ccccc2)[C@H](C)[C@H](C)C1C)NC(=O)CN(C)C(=O)CCCCCC. The van der Waals surface area contributed by atoms with E-state index in [0.29, 0.717) is 83.5 Å². The molecule has 16 nitrogen and oxygen atoms in total. The van der Waals surface area contributed by atoms with Crippen LogP contribution >= 0.6 is 0 Å². The topological polar surface area (TPSA) is 171 Å². The second-order valence-corrected chi connectivity index (χ2v) is 36.2. The number of nitrogens with one attached hydrogen (secondary N) is 2. The number of ether oxygens (including phenoxy) is 10. The Hall–Kier alpha value is -6.67. The van der Waals surface area contributed by atoms with Gasteiger partial charge in [-0.1, -0.05) is 425 Å². The van der Waals surface area contributed by atoms with E-state index in [-0.39, 0.29) is 79.6 Å². The Bertz CT molecular complexity index is 3630. The molecule has 2 fully saturated rings. The van der Waals surface area contributed by atoms with Crippen LogP contribution in [0, 0.1) is 35.5 Å². The van der Waals surface area contributed by atoms with Gasteiger partial charge in [0.1, 0.15) is 12.2 Å². The summed E-state index contributed by atoms with van der Waals surface area (Å²) in [4.78, 5) is 42.2. The number of carbonyl (C=O) groups excluding carboxylic acids is 3. The van der Waals surface area contributed by atoms with Gasteiger partial charge in [-0.3, -0.25) is 14.4 Å². The minimum absolute atomic E-state index is 0.0277. The van der Waals surface area contributed by atoms with E-state index >= 15 is 0 Å². The molecule has 6 aromatic carbocycles. The molecule has 0 aromatic heterocycles. The summed E-state index contributed by atoms with van der Waals surface area (Å²) in [5.41, 5.74) is 6.56. The van der Waals surface area contributed by atoms with Crippen LogP contribution in [0.4, 0.5) is 0 Å². The fourth-order valence-electron chi connectivity index (χ4n) is 17.2. The number of hydrogen-bond acceptors (Lipinski definition) is 13. The molecule has 6 aromatic rings. The molecule has 3 amide bonds. The number of unbranched alkanes of at least 4 members (excludes halogenated alkanes) is 25. The molecule has 125 heavy (non-hydrogen) atoms. The van der Waals surface area contributed by atoms with Gasteiger partial charge in [-0.2, -0.15) is 0 Å². The van der Waals surface area contributed by atoms with Crippen molar-refractivity contribution in [3.8, 4) is 0 Å². The molecule has 8 rings (SSSR count). The van der Waals surface area contributed by atoms with Crippen LogP contribution in [0.5, 0.6) is 0 Å². The van der Waals surface area contributed by atoms with Gasteiger partial charge in [-0.05, 0) is 76.3 Å². The zero-order valence-corrected chi connectivity index (χ0v) is 79.2.